The Bertz CT molecular complexity index is 701. The Kier molecular flexibility index (Phi) is 3.64. The zero-order chi connectivity index (χ0) is 15.9. The number of amides is 1. The molecule has 1 aromatic heterocycles. The molecule has 0 aliphatic heterocycles. The van der Waals surface area contributed by atoms with E-state index >= 15 is 0 Å². The van der Waals surface area contributed by atoms with Gasteiger partial charge in [-0.15, -0.1) is 0 Å². The van der Waals surface area contributed by atoms with Crippen molar-refractivity contribution in [3.05, 3.63) is 46.3 Å². The molecule has 2 atom stereocenters. The smallest absolute Gasteiger partial charge is 0.227 e. The molecule has 2 N–H and O–H groups in total. The van der Waals surface area contributed by atoms with E-state index in [-0.39, 0.29) is 17.9 Å². The highest BCUT2D eigenvalue weighted by Crippen LogP contribution is 2.36. The SMILES string of the molecule is Cc1noc(C)c1C(C)C(=O)NC1CCc2c(O)cccc21. The molecule has 1 aromatic carbocycles. The minimum Gasteiger partial charge on any atom is -0.508 e. The lowest BCUT2D eigenvalue weighted by molar-refractivity contribution is -0.123. The molecule has 5 nitrogen and oxygen atoms in total. The summed E-state index contributed by atoms with van der Waals surface area (Å²) in [5.74, 6) is 0.640. The Hall–Kier alpha value is -2.30. The Labute approximate surface area is 129 Å². The molecule has 22 heavy (non-hydrogen) atoms. The first-order valence-corrected chi connectivity index (χ1v) is 7.53. The van der Waals surface area contributed by atoms with Gasteiger partial charge in [-0.2, -0.15) is 0 Å². The number of hydrogen-bond acceptors (Lipinski definition) is 4. The van der Waals surface area contributed by atoms with Gasteiger partial charge in [0, 0.05) is 5.56 Å². The summed E-state index contributed by atoms with van der Waals surface area (Å²) in [5.41, 5.74) is 3.56. The van der Waals surface area contributed by atoms with Gasteiger partial charge in [-0.3, -0.25) is 4.79 Å². The van der Waals surface area contributed by atoms with Gasteiger partial charge in [0.05, 0.1) is 17.7 Å². The highest BCUT2D eigenvalue weighted by molar-refractivity contribution is 5.84. The molecular weight excluding hydrogens is 280 g/mol. The van der Waals surface area contributed by atoms with E-state index in [0.29, 0.717) is 11.5 Å². The summed E-state index contributed by atoms with van der Waals surface area (Å²) in [4.78, 5) is 12.6. The normalized spacial score (nSPS) is 18.0. The van der Waals surface area contributed by atoms with E-state index < -0.39 is 0 Å². The second-order valence-corrected chi connectivity index (χ2v) is 5.90. The first kappa shape index (κ1) is 14.6. The van der Waals surface area contributed by atoms with Crippen molar-refractivity contribution in [2.45, 2.75) is 45.6 Å². The van der Waals surface area contributed by atoms with Crippen LogP contribution in [0.5, 0.6) is 5.75 Å². The highest BCUT2D eigenvalue weighted by Gasteiger charge is 2.29. The van der Waals surface area contributed by atoms with Crippen LogP contribution < -0.4 is 5.32 Å². The van der Waals surface area contributed by atoms with Crippen LogP contribution in [-0.2, 0) is 11.2 Å². The number of rotatable bonds is 3. The lowest BCUT2D eigenvalue weighted by Gasteiger charge is -2.18. The van der Waals surface area contributed by atoms with Crippen molar-refractivity contribution in [1.29, 1.82) is 0 Å². The molecule has 0 saturated carbocycles. The number of aromatic hydroxyl groups is 1. The van der Waals surface area contributed by atoms with Gasteiger partial charge in [-0.1, -0.05) is 17.3 Å². The quantitative estimate of drug-likeness (QED) is 0.914. The van der Waals surface area contributed by atoms with E-state index in [4.69, 9.17) is 4.52 Å². The summed E-state index contributed by atoms with van der Waals surface area (Å²) in [6.07, 6.45) is 1.60. The molecule has 2 unspecified atom stereocenters. The molecular formula is C17H20N2O3. The molecule has 1 amide bonds. The molecule has 5 heteroatoms. The van der Waals surface area contributed by atoms with Crippen molar-refractivity contribution in [3.63, 3.8) is 0 Å². The van der Waals surface area contributed by atoms with Crippen molar-refractivity contribution in [2.24, 2.45) is 0 Å². The average Bonchev–Trinajstić information content (AvgIpc) is 3.04. The lowest BCUT2D eigenvalue weighted by Crippen LogP contribution is -2.31. The molecule has 1 aliphatic carbocycles. The number of phenols is 1. The Morgan fingerprint density at radius 3 is 2.91 bits per heavy atom. The number of aryl methyl sites for hydroxylation is 2. The Morgan fingerprint density at radius 1 is 1.45 bits per heavy atom. The van der Waals surface area contributed by atoms with Crippen LogP contribution in [0.2, 0.25) is 0 Å². The van der Waals surface area contributed by atoms with Crippen LogP contribution in [0.1, 0.15) is 53.4 Å². The third-order valence-corrected chi connectivity index (χ3v) is 4.48. The van der Waals surface area contributed by atoms with Gasteiger partial charge >= 0.3 is 0 Å². The Morgan fingerprint density at radius 2 is 2.23 bits per heavy atom. The molecule has 0 fully saturated rings. The van der Waals surface area contributed by atoms with Crippen LogP contribution in [0.4, 0.5) is 0 Å². The minimum atomic E-state index is -0.312. The van der Waals surface area contributed by atoms with Crippen molar-refractivity contribution in [3.8, 4) is 5.75 Å². The van der Waals surface area contributed by atoms with Gasteiger partial charge in [0.15, 0.2) is 0 Å². The van der Waals surface area contributed by atoms with E-state index in [1.54, 1.807) is 6.07 Å². The summed E-state index contributed by atoms with van der Waals surface area (Å²) >= 11 is 0. The molecule has 0 saturated heterocycles. The fourth-order valence-electron chi connectivity index (χ4n) is 3.32. The molecule has 0 radical (unpaired) electrons. The first-order valence-electron chi connectivity index (χ1n) is 7.53. The second kappa shape index (κ2) is 5.48. The van der Waals surface area contributed by atoms with Gasteiger partial charge < -0.3 is 14.9 Å². The lowest BCUT2D eigenvalue weighted by atomic mass is 9.98. The van der Waals surface area contributed by atoms with E-state index in [9.17, 15) is 9.90 Å². The fourth-order valence-corrected chi connectivity index (χ4v) is 3.32. The molecule has 0 spiro atoms. The third kappa shape index (κ3) is 2.36. The summed E-state index contributed by atoms with van der Waals surface area (Å²) in [7, 11) is 0. The molecule has 116 valence electrons. The maximum Gasteiger partial charge on any atom is 0.227 e. The second-order valence-electron chi connectivity index (χ2n) is 5.90. The largest absolute Gasteiger partial charge is 0.508 e. The summed E-state index contributed by atoms with van der Waals surface area (Å²) in [6, 6.07) is 5.43. The summed E-state index contributed by atoms with van der Waals surface area (Å²) in [5, 5.41) is 16.9. The van der Waals surface area contributed by atoms with E-state index in [2.05, 4.69) is 10.5 Å². The zero-order valence-electron chi connectivity index (χ0n) is 13.0. The van der Waals surface area contributed by atoms with Crippen LogP contribution in [0, 0.1) is 13.8 Å². The van der Waals surface area contributed by atoms with Crippen molar-refractivity contribution < 1.29 is 14.4 Å². The maximum atomic E-state index is 12.6. The number of phenolic OH excluding ortho intramolecular Hbond substituents is 1. The number of benzene rings is 1. The zero-order valence-corrected chi connectivity index (χ0v) is 13.0. The van der Waals surface area contributed by atoms with Crippen LogP contribution >= 0.6 is 0 Å². The highest BCUT2D eigenvalue weighted by atomic mass is 16.5. The number of aromatic nitrogens is 1. The first-order chi connectivity index (χ1) is 10.5. The van der Waals surface area contributed by atoms with E-state index in [1.807, 2.05) is 32.9 Å². The minimum absolute atomic E-state index is 0.0440. The topological polar surface area (TPSA) is 75.4 Å². The van der Waals surface area contributed by atoms with Gasteiger partial charge in [0.2, 0.25) is 5.91 Å². The van der Waals surface area contributed by atoms with E-state index in [0.717, 1.165) is 35.2 Å². The van der Waals surface area contributed by atoms with Gasteiger partial charge in [-0.25, -0.2) is 0 Å². The maximum absolute atomic E-state index is 12.6. The standard InChI is InChI=1S/C17H20N2O3/c1-9(16-10(2)19-22-11(16)3)17(21)18-14-8-7-13-12(14)5-4-6-15(13)20/h4-6,9,14,20H,7-8H2,1-3H3,(H,18,21). The van der Waals surface area contributed by atoms with Crippen LogP contribution in [0.15, 0.2) is 22.7 Å². The molecule has 0 bridgehead atoms. The fraction of sp³-hybridized carbons (Fsp3) is 0.412. The number of hydrogen-bond donors (Lipinski definition) is 2. The number of fused-ring (bicyclic) bond motifs is 1. The van der Waals surface area contributed by atoms with Gasteiger partial charge in [-0.05, 0) is 50.8 Å². The van der Waals surface area contributed by atoms with Crippen LogP contribution in [-0.4, -0.2) is 16.2 Å². The van der Waals surface area contributed by atoms with Crippen molar-refractivity contribution in [2.75, 3.05) is 0 Å². The molecule has 1 heterocycles. The summed E-state index contributed by atoms with van der Waals surface area (Å²) < 4.78 is 5.15. The predicted molar refractivity (Wildman–Crippen MR) is 81.7 cm³/mol. The van der Waals surface area contributed by atoms with Gasteiger partial charge in [0.25, 0.3) is 0 Å². The Balaban J connectivity index is 1.78. The van der Waals surface area contributed by atoms with E-state index in [1.165, 1.54) is 0 Å². The predicted octanol–water partition coefficient (Wildman–Crippen LogP) is 2.90. The number of nitrogens with one attached hydrogen (secondary N) is 1. The number of carbonyl (C=O) groups is 1. The van der Waals surface area contributed by atoms with Gasteiger partial charge in [0.1, 0.15) is 11.5 Å². The average molecular weight is 300 g/mol. The van der Waals surface area contributed by atoms with Crippen molar-refractivity contribution in [1.82, 2.24) is 10.5 Å². The van der Waals surface area contributed by atoms with Crippen LogP contribution in [0.25, 0.3) is 0 Å². The molecule has 3 rings (SSSR count). The molecule has 1 aliphatic rings. The third-order valence-electron chi connectivity index (χ3n) is 4.48. The number of carbonyl (C=O) groups excluding carboxylic acids is 1. The molecule has 2 aromatic rings. The van der Waals surface area contributed by atoms with Crippen molar-refractivity contribution >= 4 is 5.91 Å². The number of nitrogens with zero attached hydrogens (tertiary/aromatic N) is 1. The monoisotopic (exact) mass is 300 g/mol. The van der Waals surface area contributed by atoms with Crippen LogP contribution in [0.3, 0.4) is 0 Å². The summed E-state index contributed by atoms with van der Waals surface area (Å²) in [6.45, 7) is 5.53.